The molecule has 2 rings (SSSR count). The average Bonchev–Trinajstić information content (AvgIpc) is 3.19. The molecule has 0 atom stereocenters. The summed E-state index contributed by atoms with van der Waals surface area (Å²) in [5.74, 6) is 1.77. The number of aliphatic imine (C=N–C) groups is 1. The number of hydrogen-bond donors (Lipinski definition) is 2. The van der Waals surface area contributed by atoms with Gasteiger partial charge in [-0.15, -0.1) is 24.0 Å². The Kier molecular flexibility index (Phi) is 7.00. The van der Waals surface area contributed by atoms with Gasteiger partial charge in [-0.1, -0.05) is 6.07 Å². The van der Waals surface area contributed by atoms with Crippen LogP contribution in [0.5, 0.6) is 0 Å². The first kappa shape index (κ1) is 15.2. The van der Waals surface area contributed by atoms with Crippen LogP contribution in [-0.2, 0) is 6.42 Å². The topological polar surface area (TPSA) is 49.3 Å². The van der Waals surface area contributed by atoms with Crippen molar-refractivity contribution in [3.8, 4) is 0 Å². The zero-order valence-electron chi connectivity index (χ0n) is 10.7. The minimum Gasteiger partial charge on any atom is -0.356 e. The van der Waals surface area contributed by atoms with E-state index in [0.717, 1.165) is 31.4 Å². The molecule has 1 aromatic heterocycles. The normalized spacial score (nSPS) is 14.8. The number of rotatable bonds is 5. The molecule has 5 heteroatoms. The van der Waals surface area contributed by atoms with Crippen molar-refractivity contribution < 1.29 is 0 Å². The molecule has 0 spiro atoms. The number of hydrogen-bond acceptors (Lipinski definition) is 2. The molecule has 1 aliphatic carbocycles. The van der Waals surface area contributed by atoms with Gasteiger partial charge in [0, 0.05) is 32.5 Å². The largest absolute Gasteiger partial charge is 0.356 e. The maximum Gasteiger partial charge on any atom is 0.190 e. The number of nitrogens with zero attached hydrogens (tertiary/aromatic N) is 2. The molecular weight excluding hydrogens is 339 g/mol. The highest BCUT2D eigenvalue weighted by Crippen LogP contribution is 2.27. The Labute approximate surface area is 126 Å². The molecule has 0 radical (unpaired) electrons. The first-order chi connectivity index (χ1) is 8.38. The minimum atomic E-state index is 0. The number of nitrogens with one attached hydrogen (secondary N) is 2. The fourth-order valence-electron chi connectivity index (χ4n) is 1.65. The van der Waals surface area contributed by atoms with Crippen LogP contribution < -0.4 is 10.6 Å². The Bertz CT molecular complexity index is 363. The van der Waals surface area contributed by atoms with Gasteiger partial charge in [0.1, 0.15) is 0 Å². The van der Waals surface area contributed by atoms with Crippen molar-refractivity contribution in [3.63, 3.8) is 0 Å². The molecule has 100 valence electrons. The van der Waals surface area contributed by atoms with Gasteiger partial charge in [0.05, 0.1) is 0 Å². The number of halogens is 1. The highest BCUT2D eigenvalue weighted by atomic mass is 127. The highest BCUT2D eigenvalue weighted by molar-refractivity contribution is 14.0. The minimum absolute atomic E-state index is 0. The molecule has 0 aromatic carbocycles. The van der Waals surface area contributed by atoms with Crippen LogP contribution in [0.15, 0.2) is 29.5 Å². The number of aromatic nitrogens is 1. The molecule has 18 heavy (non-hydrogen) atoms. The number of guanidine groups is 1. The van der Waals surface area contributed by atoms with E-state index in [9.17, 15) is 0 Å². The third-order valence-electron chi connectivity index (χ3n) is 2.91. The first-order valence-electron chi connectivity index (χ1n) is 6.22. The summed E-state index contributed by atoms with van der Waals surface area (Å²) in [5, 5.41) is 6.65. The summed E-state index contributed by atoms with van der Waals surface area (Å²) in [5.41, 5.74) is 1.25. The molecule has 2 N–H and O–H groups in total. The maximum absolute atomic E-state index is 4.20. The second kappa shape index (κ2) is 8.29. The maximum atomic E-state index is 4.20. The lowest BCUT2D eigenvalue weighted by Gasteiger charge is -2.11. The fraction of sp³-hybridized carbons (Fsp3) is 0.538. The second-order valence-electron chi connectivity index (χ2n) is 4.43. The van der Waals surface area contributed by atoms with E-state index < -0.39 is 0 Å². The van der Waals surface area contributed by atoms with Crippen molar-refractivity contribution in [2.24, 2.45) is 10.9 Å². The fourth-order valence-corrected chi connectivity index (χ4v) is 1.65. The van der Waals surface area contributed by atoms with E-state index >= 15 is 0 Å². The van der Waals surface area contributed by atoms with E-state index in [4.69, 9.17) is 0 Å². The summed E-state index contributed by atoms with van der Waals surface area (Å²) in [6.45, 7) is 1.93. The summed E-state index contributed by atoms with van der Waals surface area (Å²) in [7, 11) is 1.81. The molecule has 1 saturated carbocycles. The van der Waals surface area contributed by atoms with Crippen LogP contribution in [0, 0.1) is 5.92 Å². The van der Waals surface area contributed by atoms with Gasteiger partial charge in [-0.25, -0.2) is 0 Å². The average molecular weight is 360 g/mol. The molecule has 1 aliphatic rings. The second-order valence-corrected chi connectivity index (χ2v) is 4.43. The van der Waals surface area contributed by atoms with Crippen molar-refractivity contribution in [2.75, 3.05) is 20.1 Å². The predicted octanol–water partition coefficient (Wildman–Crippen LogP) is 1.82. The third kappa shape index (κ3) is 5.66. The van der Waals surface area contributed by atoms with Gasteiger partial charge in [-0.2, -0.15) is 0 Å². The standard InChI is InChI=1S/C13H20N4.HI/c1-14-13(17-10-12-4-5-12)16-8-6-11-3-2-7-15-9-11;/h2-3,7,9,12H,4-6,8,10H2,1H3,(H2,14,16,17);1H. The van der Waals surface area contributed by atoms with E-state index in [0.29, 0.717) is 0 Å². The van der Waals surface area contributed by atoms with Crippen LogP contribution in [0.3, 0.4) is 0 Å². The van der Waals surface area contributed by atoms with Gasteiger partial charge in [0.15, 0.2) is 5.96 Å². The Balaban J connectivity index is 0.00000162. The molecule has 0 bridgehead atoms. The van der Waals surface area contributed by atoms with Crippen molar-refractivity contribution in [3.05, 3.63) is 30.1 Å². The van der Waals surface area contributed by atoms with Gasteiger partial charge < -0.3 is 10.6 Å². The van der Waals surface area contributed by atoms with Gasteiger partial charge >= 0.3 is 0 Å². The van der Waals surface area contributed by atoms with Crippen LogP contribution in [0.4, 0.5) is 0 Å². The Morgan fingerprint density at radius 2 is 2.28 bits per heavy atom. The molecule has 0 amide bonds. The van der Waals surface area contributed by atoms with Crippen LogP contribution in [0.2, 0.25) is 0 Å². The zero-order valence-corrected chi connectivity index (χ0v) is 13.1. The van der Waals surface area contributed by atoms with Crippen LogP contribution in [0.1, 0.15) is 18.4 Å². The third-order valence-corrected chi connectivity index (χ3v) is 2.91. The van der Waals surface area contributed by atoms with Crippen molar-refractivity contribution >= 4 is 29.9 Å². The molecule has 4 nitrogen and oxygen atoms in total. The van der Waals surface area contributed by atoms with Gasteiger partial charge in [-0.05, 0) is 36.8 Å². The molecule has 0 saturated heterocycles. The molecule has 1 heterocycles. The van der Waals surface area contributed by atoms with E-state index in [1.165, 1.54) is 18.4 Å². The van der Waals surface area contributed by atoms with Crippen molar-refractivity contribution in [1.82, 2.24) is 15.6 Å². The summed E-state index contributed by atoms with van der Waals surface area (Å²) in [6.07, 6.45) is 7.40. The highest BCUT2D eigenvalue weighted by Gasteiger charge is 2.20. The van der Waals surface area contributed by atoms with E-state index in [1.807, 2.05) is 19.3 Å². The van der Waals surface area contributed by atoms with Crippen molar-refractivity contribution in [1.29, 1.82) is 0 Å². The lowest BCUT2D eigenvalue weighted by molar-refractivity contribution is 0.734. The van der Waals surface area contributed by atoms with Crippen LogP contribution >= 0.6 is 24.0 Å². The summed E-state index contributed by atoms with van der Waals surface area (Å²) < 4.78 is 0. The smallest absolute Gasteiger partial charge is 0.190 e. The zero-order chi connectivity index (χ0) is 11.9. The van der Waals surface area contributed by atoms with Gasteiger partial charge in [0.2, 0.25) is 0 Å². The van der Waals surface area contributed by atoms with Crippen LogP contribution in [0.25, 0.3) is 0 Å². The monoisotopic (exact) mass is 360 g/mol. The summed E-state index contributed by atoms with van der Waals surface area (Å²) in [4.78, 5) is 8.29. The SMILES string of the molecule is CN=C(NCCc1cccnc1)NCC1CC1.I. The van der Waals surface area contributed by atoms with Gasteiger partial charge in [-0.3, -0.25) is 9.98 Å². The van der Waals surface area contributed by atoms with Crippen molar-refractivity contribution in [2.45, 2.75) is 19.3 Å². The Hall–Kier alpha value is -0.850. The quantitative estimate of drug-likeness (QED) is 0.479. The Morgan fingerprint density at radius 1 is 1.44 bits per heavy atom. The number of pyridine rings is 1. The molecule has 1 fully saturated rings. The van der Waals surface area contributed by atoms with E-state index in [1.54, 1.807) is 6.20 Å². The molecule has 0 unspecified atom stereocenters. The molecule has 1 aromatic rings. The van der Waals surface area contributed by atoms with Gasteiger partial charge in [0.25, 0.3) is 0 Å². The molecule has 0 aliphatic heterocycles. The summed E-state index contributed by atoms with van der Waals surface area (Å²) >= 11 is 0. The molecular formula is C13H21IN4. The lowest BCUT2D eigenvalue weighted by Crippen LogP contribution is -2.39. The Morgan fingerprint density at radius 3 is 2.89 bits per heavy atom. The lowest BCUT2D eigenvalue weighted by atomic mass is 10.2. The van der Waals surface area contributed by atoms with E-state index in [-0.39, 0.29) is 24.0 Å². The first-order valence-corrected chi connectivity index (χ1v) is 6.22. The predicted molar refractivity (Wildman–Crippen MR) is 85.4 cm³/mol. The summed E-state index contributed by atoms with van der Waals surface area (Å²) in [6, 6.07) is 4.06. The van der Waals surface area contributed by atoms with Crippen LogP contribution in [-0.4, -0.2) is 31.1 Å². The van der Waals surface area contributed by atoms with E-state index in [2.05, 4.69) is 26.7 Å².